The first-order chi connectivity index (χ1) is 8.68. The Bertz CT molecular complexity index is 419. The first kappa shape index (κ1) is 14.3. The summed E-state index contributed by atoms with van der Waals surface area (Å²) in [5, 5.41) is 10.0. The van der Waals surface area contributed by atoms with Gasteiger partial charge >= 0.3 is 0 Å². The summed E-state index contributed by atoms with van der Waals surface area (Å²) in [6.07, 6.45) is 6.65. The monoisotopic (exact) mass is 268 g/mol. The molecule has 1 fully saturated rings. The minimum Gasteiger partial charge on any atom is -0.330 e. The molecule has 0 saturated heterocycles. The van der Waals surface area contributed by atoms with Crippen LogP contribution in [0.1, 0.15) is 52.9 Å². The van der Waals surface area contributed by atoms with Gasteiger partial charge < -0.3 is 10.6 Å². The molecule has 5 nitrogen and oxygen atoms in total. The van der Waals surface area contributed by atoms with Crippen molar-refractivity contribution in [2.24, 2.45) is 16.6 Å². The van der Waals surface area contributed by atoms with E-state index in [1.54, 1.807) is 0 Å². The highest BCUT2D eigenvalue weighted by molar-refractivity contribution is 5.24. The molecule has 2 N–H and O–H groups in total. The molecule has 0 aromatic rings. The van der Waals surface area contributed by atoms with Gasteiger partial charge in [0.25, 0.3) is 5.09 Å². The molecular formula is C14H24N2O3. The Morgan fingerprint density at radius 1 is 1.37 bits per heavy atom. The van der Waals surface area contributed by atoms with Crippen LogP contribution in [0.4, 0.5) is 0 Å². The van der Waals surface area contributed by atoms with Gasteiger partial charge in [0.05, 0.1) is 0 Å². The van der Waals surface area contributed by atoms with Crippen LogP contribution in [0.25, 0.3) is 0 Å². The Morgan fingerprint density at radius 3 is 2.63 bits per heavy atom. The molecule has 2 unspecified atom stereocenters. The lowest BCUT2D eigenvalue weighted by molar-refractivity contribution is -0.777. The Hall–Kier alpha value is -1.10. The molecule has 2 bridgehead atoms. The Morgan fingerprint density at radius 2 is 2.05 bits per heavy atom. The second-order valence-corrected chi connectivity index (χ2v) is 7.34. The minimum atomic E-state index is -0.789. The molecule has 1 saturated carbocycles. The topological polar surface area (TPSA) is 78.4 Å². The van der Waals surface area contributed by atoms with Gasteiger partial charge in [0, 0.05) is 0 Å². The van der Waals surface area contributed by atoms with E-state index in [2.05, 4.69) is 13.8 Å². The molecule has 0 amide bonds. The van der Waals surface area contributed by atoms with E-state index in [1.807, 2.05) is 13.0 Å². The van der Waals surface area contributed by atoms with Gasteiger partial charge in [-0.1, -0.05) is 25.5 Å². The van der Waals surface area contributed by atoms with Crippen molar-refractivity contribution in [2.75, 3.05) is 6.54 Å². The number of hydrogen-bond acceptors (Lipinski definition) is 4. The van der Waals surface area contributed by atoms with Gasteiger partial charge in [0.15, 0.2) is 0 Å². The number of hydrogen-bond donors (Lipinski definition) is 1. The van der Waals surface area contributed by atoms with E-state index >= 15 is 0 Å². The van der Waals surface area contributed by atoms with Crippen molar-refractivity contribution >= 4 is 0 Å². The molecule has 2 rings (SSSR count). The molecule has 0 aromatic heterocycles. The van der Waals surface area contributed by atoms with Gasteiger partial charge in [0.2, 0.25) is 0 Å². The summed E-state index contributed by atoms with van der Waals surface area (Å²) < 4.78 is 0. The molecule has 0 aliphatic heterocycles. The standard InChI is InChI=1S/C14H24N2O3/c1-12(2)6-11-7-13(3,19-16(17)18)10-14(8-11,9-12)4-5-15/h7H,4-6,8-10,15H2,1-3H3. The minimum absolute atomic E-state index is 0.0609. The maximum absolute atomic E-state index is 10.7. The van der Waals surface area contributed by atoms with E-state index in [9.17, 15) is 10.1 Å². The lowest BCUT2D eigenvalue weighted by atomic mass is 9.54. The normalized spacial score (nSPS) is 36.5. The van der Waals surface area contributed by atoms with Gasteiger partial charge in [-0.3, -0.25) is 0 Å². The maximum atomic E-state index is 10.7. The number of nitrogens with zero attached hydrogens (tertiary/aromatic N) is 1. The molecule has 0 heterocycles. The molecule has 19 heavy (non-hydrogen) atoms. The van der Waals surface area contributed by atoms with Gasteiger partial charge in [-0.05, 0) is 56.4 Å². The molecular weight excluding hydrogens is 244 g/mol. The average Bonchev–Trinajstić information content (AvgIpc) is 2.09. The van der Waals surface area contributed by atoms with Crippen molar-refractivity contribution < 1.29 is 9.92 Å². The van der Waals surface area contributed by atoms with E-state index in [0.717, 1.165) is 25.7 Å². The number of rotatable bonds is 4. The highest BCUT2D eigenvalue weighted by Crippen LogP contribution is 2.57. The van der Waals surface area contributed by atoms with Crippen LogP contribution in [0.2, 0.25) is 0 Å². The zero-order chi connectivity index (χ0) is 14.3. The Balaban J connectivity index is 2.34. The molecule has 108 valence electrons. The highest BCUT2D eigenvalue weighted by Gasteiger charge is 2.49. The molecule has 2 atom stereocenters. The van der Waals surface area contributed by atoms with Gasteiger partial charge in [0.1, 0.15) is 5.60 Å². The maximum Gasteiger partial charge on any atom is 0.295 e. The predicted molar refractivity (Wildman–Crippen MR) is 72.9 cm³/mol. The van der Waals surface area contributed by atoms with Crippen molar-refractivity contribution in [1.82, 2.24) is 0 Å². The molecule has 5 heteroatoms. The first-order valence-corrected chi connectivity index (χ1v) is 6.92. The van der Waals surface area contributed by atoms with Crippen molar-refractivity contribution in [2.45, 2.75) is 58.5 Å². The molecule has 0 aromatic carbocycles. The van der Waals surface area contributed by atoms with E-state index in [1.165, 1.54) is 5.57 Å². The van der Waals surface area contributed by atoms with Crippen molar-refractivity contribution in [3.63, 3.8) is 0 Å². The number of nitrogens with two attached hydrogens (primary N) is 1. The fourth-order valence-corrected chi connectivity index (χ4v) is 4.55. The zero-order valence-electron chi connectivity index (χ0n) is 12.1. The molecule has 0 radical (unpaired) electrons. The number of allylic oxidation sites excluding steroid dienone is 1. The smallest absolute Gasteiger partial charge is 0.295 e. The summed E-state index contributed by atoms with van der Waals surface area (Å²) in [7, 11) is 0. The average molecular weight is 268 g/mol. The molecule has 2 aliphatic rings. The van der Waals surface area contributed by atoms with Gasteiger partial charge in [-0.15, -0.1) is 10.1 Å². The van der Waals surface area contributed by atoms with Crippen molar-refractivity contribution in [3.8, 4) is 0 Å². The third-order valence-electron chi connectivity index (χ3n) is 4.35. The summed E-state index contributed by atoms with van der Waals surface area (Å²) in [6.45, 7) is 6.97. The van der Waals surface area contributed by atoms with Crippen LogP contribution in [0.5, 0.6) is 0 Å². The first-order valence-electron chi connectivity index (χ1n) is 6.92. The Labute approximate surface area is 114 Å². The SMILES string of the molecule is CC1(C)CC2=CC(C)(O[N+](=O)[O-])CC(CCN)(C2)C1. The van der Waals surface area contributed by atoms with Crippen LogP contribution in [0, 0.1) is 20.9 Å². The summed E-state index contributed by atoms with van der Waals surface area (Å²) >= 11 is 0. The van der Waals surface area contributed by atoms with Crippen molar-refractivity contribution in [1.29, 1.82) is 0 Å². The van der Waals surface area contributed by atoms with Crippen LogP contribution in [-0.2, 0) is 4.84 Å². The van der Waals surface area contributed by atoms with E-state index < -0.39 is 10.7 Å². The summed E-state index contributed by atoms with van der Waals surface area (Å²) in [6, 6.07) is 0. The molecule has 2 aliphatic carbocycles. The zero-order valence-corrected chi connectivity index (χ0v) is 12.1. The quantitative estimate of drug-likeness (QED) is 0.483. The number of fused-ring (bicyclic) bond motifs is 2. The fraction of sp³-hybridized carbons (Fsp3) is 0.857. The third-order valence-corrected chi connectivity index (χ3v) is 4.35. The van der Waals surface area contributed by atoms with E-state index in [0.29, 0.717) is 13.0 Å². The van der Waals surface area contributed by atoms with Gasteiger partial charge in [-0.2, -0.15) is 0 Å². The van der Waals surface area contributed by atoms with Gasteiger partial charge in [-0.25, -0.2) is 0 Å². The van der Waals surface area contributed by atoms with E-state index in [4.69, 9.17) is 10.6 Å². The van der Waals surface area contributed by atoms with E-state index in [-0.39, 0.29) is 10.8 Å². The fourth-order valence-electron chi connectivity index (χ4n) is 4.55. The van der Waals surface area contributed by atoms with Crippen LogP contribution >= 0.6 is 0 Å². The summed E-state index contributed by atoms with van der Waals surface area (Å²) in [4.78, 5) is 15.7. The van der Waals surface area contributed by atoms with Crippen LogP contribution in [-0.4, -0.2) is 17.2 Å². The summed E-state index contributed by atoms with van der Waals surface area (Å²) in [5.41, 5.74) is 6.58. The largest absolute Gasteiger partial charge is 0.330 e. The third kappa shape index (κ3) is 3.08. The predicted octanol–water partition coefficient (Wildman–Crippen LogP) is 2.83. The summed E-state index contributed by atoms with van der Waals surface area (Å²) in [5.74, 6) is 0. The van der Waals surface area contributed by atoms with Crippen LogP contribution < -0.4 is 5.73 Å². The molecule has 0 spiro atoms. The van der Waals surface area contributed by atoms with Crippen molar-refractivity contribution in [3.05, 3.63) is 21.8 Å². The lowest BCUT2D eigenvalue weighted by Gasteiger charge is -2.52. The van der Waals surface area contributed by atoms with Crippen LogP contribution in [0.15, 0.2) is 11.6 Å². The van der Waals surface area contributed by atoms with Crippen LogP contribution in [0.3, 0.4) is 0 Å². The Kier molecular flexibility index (Phi) is 3.37. The second-order valence-electron chi connectivity index (χ2n) is 7.34. The highest BCUT2D eigenvalue weighted by atomic mass is 17.0. The lowest BCUT2D eigenvalue weighted by Crippen LogP contribution is -2.47. The second kappa shape index (κ2) is 4.47.